The molecule has 1 saturated heterocycles. The SMILES string of the molecule is NC(=O)N1CCCC1C1C=CC(F)=CC1. The Morgan fingerprint density at radius 1 is 1.60 bits per heavy atom. The first-order valence-electron chi connectivity index (χ1n) is 5.28. The zero-order valence-corrected chi connectivity index (χ0v) is 8.53. The van der Waals surface area contributed by atoms with Crippen LogP contribution in [0.15, 0.2) is 24.1 Å². The molecule has 1 aliphatic heterocycles. The number of urea groups is 1. The van der Waals surface area contributed by atoms with Gasteiger partial charge < -0.3 is 10.6 Å². The molecule has 0 spiro atoms. The van der Waals surface area contributed by atoms with E-state index in [1.807, 2.05) is 6.08 Å². The van der Waals surface area contributed by atoms with E-state index in [-0.39, 0.29) is 23.8 Å². The molecule has 0 aromatic heterocycles. The molecular formula is C11H15FN2O. The maximum atomic E-state index is 12.8. The number of rotatable bonds is 1. The predicted molar refractivity (Wildman–Crippen MR) is 55.7 cm³/mol. The molecule has 1 aliphatic carbocycles. The van der Waals surface area contributed by atoms with Gasteiger partial charge in [-0.25, -0.2) is 9.18 Å². The Labute approximate surface area is 88.4 Å². The fourth-order valence-corrected chi connectivity index (χ4v) is 2.41. The fraction of sp³-hybridized carbons (Fsp3) is 0.545. The minimum atomic E-state index is -0.360. The molecule has 2 aliphatic rings. The topological polar surface area (TPSA) is 46.3 Å². The second kappa shape index (κ2) is 4.04. The highest BCUT2D eigenvalue weighted by molar-refractivity contribution is 5.72. The Hall–Kier alpha value is -1.32. The summed E-state index contributed by atoms with van der Waals surface area (Å²) in [5.74, 6) is 0.0365. The van der Waals surface area contributed by atoms with Crippen molar-refractivity contribution >= 4 is 6.03 Å². The molecule has 4 heteroatoms. The lowest BCUT2D eigenvalue weighted by molar-refractivity contribution is 0.189. The van der Waals surface area contributed by atoms with Gasteiger partial charge in [0.1, 0.15) is 5.83 Å². The van der Waals surface area contributed by atoms with Gasteiger partial charge >= 0.3 is 6.03 Å². The van der Waals surface area contributed by atoms with Crippen molar-refractivity contribution in [3.8, 4) is 0 Å². The number of likely N-dealkylation sites (tertiary alicyclic amines) is 1. The lowest BCUT2D eigenvalue weighted by Crippen LogP contribution is -2.42. The highest BCUT2D eigenvalue weighted by Crippen LogP contribution is 2.30. The van der Waals surface area contributed by atoms with Crippen LogP contribution in [0.25, 0.3) is 0 Å². The van der Waals surface area contributed by atoms with Crippen LogP contribution in [0.4, 0.5) is 9.18 Å². The van der Waals surface area contributed by atoms with Crippen LogP contribution >= 0.6 is 0 Å². The van der Waals surface area contributed by atoms with Gasteiger partial charge in [-0.1, -0.05) is 6.08 Å². The van der Waals surface area contributed by atoms with Gasteiger partial charge in [0, 0.05) is 18.5 Å². The van der Waals surface area contributed by atoms with Crippen molar-refractivity contribution in [2.24, 2.45) is 11.7 Å². The maximum absolute atomic E-state index is 12.8. The maximum Gasteiger partial charge on any atom is 0.315 e. The molecule has 2 amide bonds. The van der Waals surface area contributed by atoms with Crippen LogP contribution in [0.5, 0.6) is 0 Å². The molecule has 2 atom stereocenters. The summed E-state index contributed by atoms with van der Waals surface area (Å²) >= 11 is 0. The minimum Gasteiger partial charge on any atom is -0.351 e. The molecule has 2 unspecified atom stereocenters. The number of nitrogens with two attached hydrogens (primary N) is 1. The Balaban J connectivity index is 2.05. The van der Waals surface area contributed by atoms with E-state index in [2.05, 4.69) is 0 Å². The van der Waals surface area contributed by atoms with E-state index in [0.717, 1.165) is 19.4 Å². The van der Waals surface area contributed by atoms with Crippen LogP contribution in [0, 0.1) is 5.92 Å². The number of carbonyl (C=O) groups excluding carboxylic acids is 1. The third-order valence-electron chi connectivity index (χ3n) is 3.16. The lowest BCUT2D eigenvalue weighted by Gasteiger charge is -2.29. The fourth-order valence-electron chi connectivity index (χ4n) is 2.41. The molecule has 1 fully saturated rings. The summed E-state index contributed by atoms with van der Waals surface area (Å²) in [5, 5.41) is 0. The number of hydrogen-bond donors (Lipinski definition) is 1. The summed E-state index contributed by atoms with van der Waals surface area (Å²) in [6, 6.07) is -0.205. The highest BCUT2D eigenvalue weighted by atomic mass is 19.1. The average molecular weight is 210 g/mol. The summed E-state index contributed by atoms with van der Waals surface area (Å²) in [5.41, 5.74) is 5.30. The zero-order chi connectivity index (χ0) is 10.8. The first kappa shape index (κ1) is 10.2. The van der Waals surface area contributed by atoms with Crippen molar-refractivity contribution in [3.63, 3.8) is 0 Å². The molecule has 2 rings (SSSR count). The predicted octanol–water partition coefficient (Wildman–Crippen LogP) is 1.96. The quantitative estimate of drug-likeness (QED) is 0.706. The number of hydrogen-bond acceptors (Lipinski definition) is 1. The van der Waals surface area contributed by atoms with Crippen molar-refractivity contribution in [1.82, 2.24) is 4.90 Å². The Bertz CT molecular complexity index is 325. The monoisotopic (exact) mass is 210 g/mol. The van der Waals surface area contributed by atoms with Gasteiger partial charge in [0.15, 0.2) is 0 Å². The summed E-state index contributed by atoms with van der Waals surface area (Å²) < 4.78 is 12.8. The number of amides is 2. The molecule has 0 aromatic rings. The van der Waals surface area contributed by atoms with E-state index in [1.54, 1.807) is 11.0 Å². The van der Waals surface area contributed by atoms with Gasteiger partial charge in [-0.05, 0) is 31.4 Å². The summed E-state index contributed by atoms with van der Waals surface area (Å²) in [7, 11) is 0. The lowest BCUT2D eigenvalue weighted by atomic mass is 9.91. The van der Waals surface area contributed by atoms with Crippen LogP contribution in [0.2, 0.25) is 0 Å². The van der Waals surface area contributed by atoms with Crippen LogP contribution in [-0.4, -0.2) is 23.5 Å². The Kier molecular flexibility index (Phi) is 2.75. The normalized spacial score (nSPS) is 30.5. The van der Waals surface area contributed by atoms with Crippen molar-refractivity contribution in [2.45, 2.75) is 25.3 Å². The van der Waals surface area contributed by atoms with Crippen molar-refractivity contribution in [1.29, 1.82) is 0 Å². The first-order chi connectivity index (χ1) is 7.18. The third kappa shape index (κ3) is 2.03. The van der Waals surface area contributed by atoms with Crippen molar-refractivity contribution in [3.05, 3.63) is 24.1 Å². The largest absolute Gasteiger partial charge is 0.351 e. The van der Waals surface area contributed by atoms with Crippen LogP contribution in [-0.2, 0) is 0 Å². The van der Waals surface area contributed by atoms with Crippen LogP contribution in [0.1, 0.15) is 19.3 Å². The van der Waals surface area contributed by atoms with E-state index in [0.29, 0.717) is 6.42 Å². The van der Waals surface area contributed by atoms with E-state index in [1.165, 1.54) is 6.08 Å². The summed E-state index contributed by atoms with van der Waals surface area (Å²) in [6.07, 6.45) is 7.52. The van der Waals surface area contributed by atoms with Gasteiger partial charge in [0.2, 0.25) is 0 Å². The zero-order valence-electron chi connectivity index (χ0n) is 8.53. The molecule has 0 aromatic carbocycles. The molecule has 0 bridgehead atoms. The number of carbonyl (C=O) groups is 1. The van der Waals surface area contributed by atoms with Gasteiger partial charge in [-0.15, -0.1) is 0 Å². The Morgan fingerprint density at radius 3 is 3.00 bits per heavy atom. The summed E-state index contributed by atoms with van der Waals surface area (Å²) in [4.78, 5) is 12.9. The van der Waals surface area contributed by atoms with Gasteiger partial charge in [0.05, 0.1) is 0 Å². The molecule has 82 valence electrons. The van der Waals surface area contributed by atoms with Crippen LogP contribution < -0.4 is 5.73 Å². The van der Waals surface area contributed by atoms with E-state index < -0.39 is 0 Å². The number of primary amides is 1. The van der Waals surface area contributed by atoms with E-state index in [9.17, 15) is 9.18 Å². The molecule has 0 saturated carbocycles. The van der Waals surface area contributed by atoms with Crippen molar-refractivity contribution < 1.29 is 9.18 Å². The molecule has 15 heavy (non-hydrogen) atoms. The molecular weight excluding hydrogens is 195 g/mol. The van der Waals surface area contributed by atoms with Crippen LogP contribution in [0.3, 0.4) is 0 Å². The van der Waals surface area contributed by atoms with E-state index >= 15 is 0 Å². The molecule has 2 N–H and O–H groups in total. The standard InChI is InChI=1S/C11H15FN2O/c12-9-5-3-8(4-6-9)10-2-1-7-14(10)11(13)15/h3,5-6,8,10H,1-2,4,7H2,(H2,13,15). The second-order valence-corrected chi connectivity index (χ2v) is 4.09. The van der Waals surface area contributed by atoms with Gasteiger partial charge in [0.25, 0.3) is 0 Å². The van der Waals surface area contributed by atoms with E-state index in [4.69, 9.17) is 5.73 Å². The van der Waals surface area contributed by atoms with Gasteiger partial charge in [-0.3, -0.25) is 0 Å². The second-order valence-electron chi connectivity index (χ2n) is 4.09. The number of halogens is 1. The first-order valence-corrected chi connectivity index (χ1v) is 5.28. The highest BCUT2D eigenvalue weighted by Gasteiger charge is 2.32. The smallest absolute Gasteiger partial charge is 0.315 e. The molecule has 0 radical (unpaired) electrons. The Morgan fingerprint density at radius 2 is 2.40 bits per heavy atom. The third-order valence-corrected chi connectivity index (χ3v) is 3.16. The number of allylic oxidation sites excluding steroid dienone is 3. The molecule has 1 heterocycles. The minimum absolute atomic E-state index is 0.156. The number of nitrogens with zero attached hydrogens (tertiary/aromatic N) is 1. The van der Waals surface area contributed by atoms with Crippen molar-refractivity contribution in [2.75, 3.05) is 6.54 Å². The summed E-state index contributed by atoms with van der Waals surface area (Å²) in [6.45, 7) is 0.733. The molecule has 3 nitrogen and oxygen atoms in total. The average Bonchev–Trinajstić information content (AvgIpc) is 2.67. The van der Waals surface area contributed by atoms with Gasteiger partial charge in [-0.2, -0.15) is 0 Å².